The van der Waals surface area contributed by atoms with Crippen molar-refractivity contribution in [1.82, 2.24) is 5.32 Å². The van der Waals surface area contributed by atoms with Gasteiger partial charge in [0.2, 0.25) is 11.8 Å². The lowest BCUT2D eigenvalue weighted by molar-refractivity contribution is -0.137. The van der Waals surface area contributed by atoms with Gasteiger partial charge in [-0.3, -0.25) is 14.9 Å². The van der Waals surface area contributed by atoms with Gasteiger partial charge in [-0.15, -0.1) is 0 Å². The van der Waals surface area contributed by atoms with Crippen molar-refractivity contribution < 1.29 is 9.59 Å². The zero-order valence-electron chi connectivity index (χ0n) is 11.9. The van der Waals surface area contributed by atoms with Gasteiger partial charge in [0.15, 0.2) is 0 Å². The first-order valence-electron chi connectivity index (χ1n) is 7.38. The maximum Gasteiger partial charge on any atom is 0.227 e. The van der Waals surface area contributed by atoms with Crippen LogP contribution in [0.25, 0.3) is 0 Å². The smallest absolute Gasteiger partial charge is 0.227 e. The monoisotopic (exact) mass is 253 g/mol. The summed E-state index contributed by atoms with van der Waals surface area (Å²) in [5.41, 5.74) is -0.0944. The predicted octanol–water partition coefficient (Wildman–Crippen LogP) is 3.57. The highest BCUT2D eigenvalue weighted by Gasteiger charge is 2.34. The van der Waals surface area contributed by atoms with Crippen LogP contribution in [0.2, 0.25) is 0 Å². The second-order valence-corrected chi connectivity index (χ2v) is 6.01. The average molecular weight is 253 g/mol. The van der Waals surface area contributed by atoms with Crippen molar-refractivity contribution in [2.45, 2.75) is 78.1 Å². The zero-order valence-corrected chi connectivity index (χ0v) is 11.9. The van der Waals surface area contributed by atoms with Crippen LogP contribution in [0.1, 0.15) is 78.1 Å². The fourth-order valence-corrected chi connectivity index (χ4v) is 2.77. The van der Waals surface area contributed by atoms with Gasteiger partial charge in [0, 0.05) is 12.8 Å². The van der Waals surface area contributed by atoms with E-state index in [1.165, 1.54) is 38.5 Å². The van der Waals surface area contributed by atoms with Crippen molar-refractivity contribution >= 4 is 11.8 Å². The molecule has 0 atom stereocenters. The summed E-state index contributed by atoms with van der Waals surface area (Å²) < 4.78 is 0. The second-order valence-electron chi connectivity index (χ2n) is 6.01. The standard InChI is InChI=1S/C15H27NO2/c1-3-4-5-6-7-8-9-10-15(2)11-13(17)16-14(18)12-15/h3-12H2,1-2H3,(H,16,17,18). The highest BCUT2D eigenvalue weighted by molar-refractivity contribution is 5.98. The molecule has 0 aromatic rings. The SMILES string of the molecule is CCCCCCCCCC1(C)CC(=O)NC(=O)C1. The van der Waals surface area contributed by atoms with Crippen LogP contribution >= 0.6 is 0 Å². The Morgan fingerprint density at radius 2 is 1.44 bits per heavy atom. The Kier molecular flexibility index (Phi) is 6.37. The molecule has 0 saturated carbocycles. The van der Waals surface area contributed by atoms with Crippen molar-refractivity contribution in [1.29, 1.82) is 0 Å². The van der Waals surface area contributed by atoms with E-state index in [0.29, 0.717) is 12.8 Å². The summed E-state index contributed by atoms with van der Waals surface area (Å²) in [7, 11) is 0. The topological polar surface area (TPSA) is 46.2 Å². The van der Waals surface area contributed by atoms with Crippen LogP contribution in [-0.2, 0) is 9.59 Å². The number of carbonyl (C=O) groups is 2. The Morgan fingerprint density at radius 3 is 2.00 bits per heavy atom. The van der Waals surface area contributed by atoms with Crippen molar-refractivity contribution in [3.05, 3.63) is 0 Å². The molecular formula is C15H27NO2. The molecule has 104 valence electrons. The number of nitrogens with one attached hydrogen (secondary N) is 1. The van der Waals surface area contributed by atoms with Crippen LogP contribution in [0.15, 0.2) is 0 Å². The van der Waals surface area contributed by atoms with Crippen LogP contribution in [0.4, 0.5) is 0 Å². The minimum absolute atomic E-state index is 0.0944. The van der Waals surface area contributed by atoms with Gasteiger partial charge < -0.3 is 0 Å². The number of unbranched alkanes of at least 4 members (excludes halogenated alkanes) is 6. The van der Waals surface area contributed by atoms with Gasteiger partial charge in [0.25, 0.3) is 0 Å². The quantitative estimate of drug-likeness (QED) is 0.531. The lowest BCUT2D eigenvalue weighted by Crippen LogP contribution is -2.43. The van der Waals surface area contributed by atoms with Gasteiger partial charge in [0.1, 0.15) is 0 Å². The van der Waals surface area contributed by atoms with Crippen LogP contribution in [0.5, 0.6) is 0 Å². The van der Waals surface area contributed by atoms with E-state index >= 15 is 0 Å². The number of hydrogen-bond donors (Lipinski definition) is 1. The van der Waals surface area contributed by atoms with Gasteiger partial charge in [-0.1, -0.05) is 58.8 Å². The number of carbonyl (C=O) groups excluding carboxylic acids is 2. The third-order valence-corrected chi connectivity index (χ3v) is 3.84. The Bertz CT molecular complexity index is 270. The average Bonchev–Trinajstić information content (AvgIpc) is 2.26. The first-order valence-corrected chi connectivity index (χ1v) is 7.38. The first-order chi connectivity index (χ1) is 8.56. The molecule has 1 heterocycles. The number of piperidine rings is 1. The minimum atomic E-state index is -0.100. The summed E-state index contributed by atoms with van der Waals surface area (Å²) >= 11 is 0. The fourth-order valence-electron chi connectivity index (χ4n) is 2.77. The van der Waals surface area contributed by atoms with Crippen molar-refractivity contribution in [2.24, 2.45) is 5.41 Å². The summed E-state index contributed by atoms with van der Waals surface area (Å²) in [6.07, 6.45) is 11.0. The third-order valence-electron chi connectivity index (χ3n) is 3.84. The zero-order chi connectivity index (χ0) is 13.4. The van der Waals surface area contributed by atoms with Crippen LogP contribution in [0.3, 0.4) is 0 Å². The van der Waals surface area contributed by atoms with Gasteiger partial charge in [-0.2, -0.15) is 0 Å². The summed E-state index contributed by atoms with van der Waals surface area (Å²) in [6, 6.07) is 0. The van der Waals surface area contributed by atoms with Crippen LogP contribution in [-0.4, -0.2) is 11.8 Å². The van der Waals surface area contributed by atoms with E-state index in [0.717, 1.165) is 12.8 Å². The molecule has 2 amide bonds. The molecule has 0 unspecified atom stereocenters. The molecule has 0 aliphatic carbocycles. The maximum atomic E-state index is 11.4. The van der Waals surface area contributed by atoms with Gasteiger partial charge in [-0.25, -0.2) is 0 Å². The van der Waals surface area contributed by atoms with E-state index in [1.54, 1.807) is 0 Å². The van der Waals surface area contributed by atoms with Gasteiger partial charge >= 0.3 is 0 Å². The Morgan fingerprint density at radius 1 is 0.944 bits per heavy atom. The Hall–Kier alpha value is -0.860. The van der Waals surface area contributed by atoms with E-state index in [9.17, 15) is 9.59 Å². The Labute approximate surface area is 111 Å². The molecule has 1 aliphatic heterocycles. The normalized spacial score (nSPS) is 18.8. The molecule has 0 radical (unpaired) electrons. The lowest BCUT2D eigenvalue weighted by atomic mass is 9.76. The van der Waals surface area contributed by atoms with Crippen LogP contribution < -0.4 is 5.32 Å². The molecule has 1 saturated heterocycles. The first kappa shape index (κ1) is 15.2. The summed E-state index contributed by atoms with van der Waals surface area (Å²) in [5, 5.41) is 2.38. The molecule has 18 heavy (non-hydrogen) atoms. The van der Waals surface area contributed by atoms with E-state index in [-0.39, 0.29) is 17.2 Å². The van der Waals surface area contributed by atoms with E-state index in [4.69, 9.17) is 0 Å². The molecular weight excluding hydrogens is 226 g/mol. The lowest BCUT2D eigenvalue weighted by Gasteiger charge is -2.32. The summed E-state index contributed by atoms with van der Waals surface area (Å²) in [6.45, 7) is 4.30. The predicted molar refractivity (Wildman–Crippen MR) is 73.1 cm³/mol. The fraction of sp³-hybridized carbons (Fsp3) is 0.867. The highest BCUT2D eigenvalue weighted by Crippen LogP contribution is 2.34. The largest absolute Gasteiger partial charge is 0.296 e. The van der Waals surface area contributed by atoms with Crippen molar-refractivity contribution in [2.75, 3.05) is 0 Å². The number of amides is 2. The van der Waals surface area contributed by atoms with Gasteiger partial charge in [0.05, 0.1) is 0 Å². The molecule has 3 nitrogen and oxygen atoms in total. The number of rotatable bonds is 8. The molecule has 0 bridgehead atoms. The maximum absolute atomic E-state index is 11.4. The highest BCUT2D eigenvalue weighted by atomic mass is 16.2. The molecule has 1 N–H and O–H groups in total. The molecule has 1 aliphatic rings. The van der Waals surface area contributed by atoms with Crippen molar-refractivity contribution in [3.8, 4) is 0 Å². The second kappa shape index (κ2) is 7.55. The van der Waals surface area contributed by atoms with Crippen molar-refractivity contribution in [3.63, 3.8) is 0 Å². The number of imide groups is 1. The minimum Gasteiger partial charge on any atom is -0.296 e. The summed E-state index contributed by atoms with van der Waals surface area (Å²) in [5.74, 6) is -0.201. The number of hydrogen-bond acceptors (Lipinski definition) is 2. The van der Waals surface area contributed by atoms with Crippen LogP contribution in [0, 0.1) is 5.41 Å². The molecule has 0 spiro atoms. The summed E-state index contributed by atoms with van der Waals surface area (Å²) in [4.78, 5) is 22.7. The molecule has 0 aromatic carbocycles. The Balaban J connectivity index is 2.13. The van der Waals surface area contributed by atoms with E-state index < -0.39 is 0 Å². The van der Waals surface area contributed by atoms with E-state index in [2.05, 4.69) is 19.2 Å². The molecule has 1 rings (SSSR count). The molecule has 3 heteroatoms. The molecule has 1 fully saturated rings. The van der Waals surface area contributed by atoms with E-state index in [1.807, 2.05) is 0 Å². The van der Waals surface area contributed by atoms with Gasteiger partial charge in [-0.05, 0) is 11.8 Å². The molecule has 0 aromatic heterocycles. The third kappa shape index (κ3) is 5.65.